The summed E-state index contributed by atoms with van der Waals surface area (Å²) in [6, 6.07) is 3.67. The van der Waals surface area contributed by atoms with Gasteiger partial charge in [-0.1, -0.05) is 31.4 Å². The molecule has 0 atom stereocenters. The summed E-state index contributed by atoms with van der Waals surface area (Å²) in [5.41, 5.74) is 1.09. The van der Waals surface area contributed by atoms with Crippen LogP contribution < -0.4 is 0 Å². The van der Waals surface area contributed by atoms with Crippen molar-refractivity contribution in [3.8, 4) is 5.75 Å². The Labute approximate surface area is 111 Å². The molecule has 2 rings (SSSR count). The maximum Gasteiger partial charge on any atom is 0.235 e. The molecular weight excluding hydrogens is 250 g/mol. The number of isocyanates is 1. The number of aryl methyl sites for hydroxylation is 1. The lowest BCUT2D eigenvalue weighted by Crippen LogP contribution is -2.19. The van der Waals surface area contributed by atoms with Crippen LogP contribution in [0.2, 0.25) is 5.02 Å². The molecule has 0 aliphatic heterocycles. The quantitative estimate of drug-likeness (QED) is 0.669. The van der Waals surface area contributed by atoms with Crippen molar-refractivity contribution in [2.24, 2.45) is 4.99 Å². The number of phenolic OH excluding ortho intramolecular Hbond substituents is 1. The molecule has 0 spiro atoms. The molecule has 0 saturated heterocycles. The Morgan fingerprint density at radius 2 is 2.11 bits per heavy atom. The van der Waals surface area contributed by atoms with Gasteiger partial charge in [0.05, 0.1) is 5.02 Å². The van der Waals surface area contributed by atoms with Crippen LogP contribution in [0.15, 0.2) is 17.1 Å². The molecule has 0 heterocycles. The monoisotopic (exact) mass is 265 g/mol. The van der Waals surface area contributed by atoms with Crippen LogP contribution in [0, 0.1) is 0 Å². The number of carbonyl (C=O) groups excluding carboxylic acids is 1. The summed E-state index contributed by atoms with van der Waals surface area (Å²) in [4.78, 5) is 14.7. The highest BCUT2D eigenvalue weighted by atomic mass is 35.5. The maximum absolute atomic E-state index is 10.7. The number of rotatable bonds is 3. The first-order chi connectivity index (χ1) is 8.63. The van der Waals surface area contributed by atoms with Crippen LogP contribution in [-0.2, 0) is 16.8 Å². The third-order valence-corrected chi connectivity index (χ3v) is 4.01. The number of aliphatic imine (C=N–C) groups is 1. The van der Waals surface area contributed by atoms with E-state index < -0.39 is 5.54 Å². The van der Waals surface area contributed by atoms with Crippen molar-refractivity contribution < 1.29 is 9.90 Å². The van der Waals surface area contributed by atoms with E-state index in [2.05, 4.69) is 4.99 Å². The molecule has 1 fully saturated rings. The van der Waals surface area contributed by atoms with Gasteiger partial charge in [-0.05, 0) is 37.0 Å². The van der Waals surface area contributed by atoms with Gasteiger partial charge in [0, 0.05) is 5.56 Å². The fraction of sp³-hybridized carbons (Fsp3) is 0.500. The van der Waals surface area contributed by atoms with E-state index in [9.17, 15) is 9.90 Å². The van der Waals surface area contributed by atoms with Gasteiger partial charge < -0.3 is 5.11 Å². The summed E-state index contributed by atoms with van der Waals surface area (Å²) in [6.07, 6.45) is 6.00. The minimum absolute atomic E-state index is 0.0507. The zero-order valence-electron chi connectivity index (χ0n) is 10.4. The first-order valence-corrected chi connectivity index (χ1v) is 6.61. The Morgan fingerprint density at radius 3 is 2.67 bits per heavy atom. The topological polar surface area (TPSA) is 49.7 Å². The van der Waals surface area contributed by atoms with Crippen molar-refractivity contribution >= 4 is 17.7 Å². The van der Waals surface area contributed by atoms with Gasteiger partial charge in [-0.3, -0.25) is 0 Å². The van der Waals surface area contributed by atoms with E-state index in [1.54, 1.807) is 12.1 Å². The number of benzene rings is 1. The van der Waals surface area contributed by atoms with E-state index in [-0.39, 0.29) is 5.75 Å². The summed E-state index contributed by atoms with van der Waals surface area (Å²) in [7, 11) is 0. The predicted molar refractivity (Wildman–Crippen MR) is 70.8 cm³/mol. The van der Waals surface area contributed by atoms with Gasteiger partial charge in [0.2, 0.25) is 6.08 Å². The van der Waals surface area contributed by atoms with Gasteiger partial charge in [0.1, 0.15) is 11.3 Å². The maximum atomic E-state index is 10.7. The van der Waals surface area contributed by atoms with Crippen LogP contribution in [-0.4, -0.2) is 11.2 Å². The van der Waals surface area contributed by atoms with Crippen LogP contribution >= 0.6 is 11.6 Å². The highest BCUT2D eigenvalue weighted by molar-refractivity contribution is 6.32. The highest BCUT2D eigenvalue weighted by Gasteiger charge is 2.38. The molecule has 3 nitrogen and oxygen atoms in total. The zero-order valence-corrected chi connectivity index (χ0v) is 11.1. The second kappa shape index (κ2) is 5.13. The van der Waals surface area contributed by atoms with Crippen molar-refractivity contribution in [2.45, 2.75) is 44.6 Å². The fourth-order valence-electron chi connectivity index (χ4n) is 2.70. The Bertz CT molecular complexity index is 501. The van der Waals surface area contributed by atoms with Crippen LogP contribution in [0.3, 0.4) is 0 Å². The fourth-order valence-corrected chi connectivity index (χ4v) is 2.94. The van der Waals surface area contributed by atoms with Crippen LogP contribution in [0.25, 0.3) is 0 Å². The summed E-state index contributed by atoms with van der Waals surface area (Å²) < 4.78 is 0. The van der Waals surface area contributed by atoms with E-state index in [1.165, 1.54) is 0 Å². The largest absolute Gasteiger partial charge is 0.506 e. The van der Waals surface area contributed by atoms with Crippen LogP contribution in [0.5, 0.6) is 5.75 Å². The van der Waals surface area contributed by atoms with Crippen molar-refractivity contribution in [1.82, 2.24) is 0 Å². The van der Waals surface area contributed by atoms with E-state index in [4.69, 9.17) is 11.6 Å². The van der Waals surface area contributed by atoms with Gasteiger partial charge in [-0.25, -0.2) is 4.79 Å². The molecule has 1 saturated carbocycles. The molecule has 0 bridgehead atoms. The van der Waals surface area contributed by atoms with Gasteiger partial charge in [-0.2, -0.15) is 4.99 Å². The molecule has 1 aliphatic carbocycles. The molecule has 0 radical (unpaired) electrons. The Balaban J connectivity index is 2.60. The van der Waals surface area contributed by atoms with E-state index in [0.717, 1.165) is 37.7 Å². The lowest BCUT2D eigenvalue weighted by atomic mass is 9.87. The summed E-state index contributed by atoms with van der Waals surface area (Å²) in [6.45, 7) is 2.02. The van der Waals surface area contributed by atoms with Crippen molar-refractivity contribution in [1.29, 1.82) is 0 Å². The van der Waals surface area contributed by atoms with Gasteiger partial charge in [0.25, 0.3) is 0 Å². The standard InChI is InChI=1S/C14H16ClNO2/c1-2-10-7-11(13(18)12(15)8-10)14(16-9-17)5-3-4-6-14/h7-8,18H,2-6H2,1H3. The van der Waals surface area contributed by atoms with Crippen molar-refractivity contribution in [3.05, 3.63) is 28.3 Å². The van der Waals surface area contributed by atoms with Gasteiger partial charge >= 0.3 is 0 Å². The molecule has 1 aromatic rings. The molecule has 0 amide bonds. The number of phenols is 1. The zero-order chi connectivity index (χ0) is 13.2. The average Bonchev–Trinajstić information content (AvgIpc) is 2.82. The van der Waals surface area contributed by atoms with Crippen molar-refractivity contribution in [2.75, 3.05) is 0 Å². The predicted octanol–water partition coefficient (Wildman–Crippen LogP) is 3.71. The number of halogens is 1. The number of nitrogens with zero attached hydrogens (tertiary/aromatic N) is 1. The lowest BCUT2D eigenvalue weighted by Gasteiger charge is -2.25. The summed E-state index contributed by atoms with van der Waals surface area (Å²) >= 11 is 6.05. The average molecular weight is 266 g/mol. The first-order valence-electron chi connectivity index (χ1n) is 6.24. The number of hydrogen-bond acceptors (Lipinski definition) is 3. The molecule has 1 aliphatic rings. The normalized spacial score (nSPS) is 17.4. The molecule has 4 heteroatoms. The molecule has 0 aromatic heterocycles. The van der Waals surface area contributed by atoms with Gasteiger partial charge in [-0.15, -0.1) is 0 Å². The first kappa shape index (κ1) is 13.1. The third kappa shape index (κ3) is 2.16. The number of hydrogen-bond donors (Lipinski definition) is 1. The minimum Gasteiger partial charge on any atom is -0.506 e. The Morgan fingerprint density at radius 1 is 1.44 bits per heavy atom. The summed E-state index contributed by atoms with van der Waals surface area (Å²) in [5, 5.41) is 10.5. The third-order valence-electron chi connectivity index (χ3n) is 3.72. The van der Waals surface area contributed by atoms with Gasteiger partial charge in [0.15, 0.2) is 0 Å². The van der Waals surface area contributed by atoms with Crippen LogP contribution in [0.1, 0.15) is 43.7 Å². The second-order valence-corrected chi connectivity index (χ2v) is 5.18. The number of aromatic hydroxyl groups is 1. The van der Waals surface area contributed by atoms with Crippen LogP contribution in [0.4, 0.5) is 0 Å². The smallest absolute Gasteiger partial charge is 0.235 e. The molecule has 1 N–H and O–H groups in total. The van der Waals surface area contributed by atoms with E-state index in [0.29, 0.717) is 10.6 Å². The van der Waals surface area contributed by atoms with Crippen molar-refractivity contribution in [3.63, 3.8) is 0 Å². The summed E-state index contributed by atoms with van der Waals surface area (Å²) in [5.74, 6) is 0.0507. The molecule has 96 valence electrons. The molecule has 1 aromatic carbocycles. The minimum atomic E-state index is -0.624. The second-order valence-electron chi connectivity index (χ2n) is 4.77. The molecular formula is C14H16ClNO2. The molecule has 18 heavy (non-hydrogen) atoms. The Hall–Kier alpha value is -1.31. The van der Waals surface area contributed by atoms with E-state index >= 15 is 0 Å². The lowest BCUT2D eigenvalue weighted by molar-refractivity contribution is 0.408. The SMILES string of the molecule is CCc1cc(Cl)c(O)c(C2(N=C=O)CCCC2)c1. The van der Waals surface area contributed by atoms with E-state index in [1.807, 2.05) is 13.0 Å². The molecule has 0 unspecified atom stereocenters. The Kier molecular flexibility index (Phi) is 3.74. The highest BCUT2D eigenvalue weighted by Crippen LogP contribution is 2.47.